The van der Waals surface area contributed by atoms with Gasteiger partial charge in [0.05, 0.1) is 5.60 Å². The van der Waals surface area contributed by atoms with Crippen molar-refractivity contribution in [3.05, 3.63) is 0 Å². The largest absolute Gasteiger partial charge is 0.396 e. The summed E-state index contributed by atoms with van der Waals surface area (Å²) in [5.74, 6) is 0.573. The molecule has 2 aliphatic rings. The molecule has 2 fully saturated rings. The van der Waals surface area contributed by atoms with Gasteiger partial charge in [-0.15, -0.1) is 0 Å². The minimum atomic E-state index is -0.713. The Hall–Kier alpha value is 0.400. The molecule has 2 nitrogen and oxygen atoms in total. The standard InChI is InChI=1S/C15H27BrO2/c1-13(2)10-5-8-15(4,18)11(9-17)14(10,3)7-6-12(13)16/h10-12,17-18H,5-9H2,1-4H3/t10-,11-,12-,14-,15+/m0/s1. The zero-order chi connectivity index (χ0) is 13.8. The number of aliphatic hydroxyl groups excluding tert-OH is 1. The fourth-order valence-electron chi connectivity index (χ4n) is 4.90. The molecular formula is C15H27BrO2. The lowest BCUT2D eigenvalue weighted by Gasteiger charge is -2.62. The second kappa shape index (κ2) is 4.46. The maximum atomic E-state index is 10.6. The molecule has 106 valence electrons. The molecule has 2 aliphatic carbocycles. The summed E-state index contributed by atoms with van der Waals surface area (Å²) in [6, 6.07) is 0. The summed E-state index contributed by atoms with van der Waals surface area (Å²) in [6.07, 6.45) is 4.10. The molecule has 0 unspecified atom stereocenters. The first-order chi connectivity index (χ1) is 8.16. The Morgan fingerprint density at radius 1 is 1.11 bits per heavy atom. The second-order valence-electron chi connectivity index (χ2n) is 7.52. The average molecular weight is 319 g/mol. The van der Waals surface area contributed by atoms with Crippen molar-refractivity contribution >= 4 is 15.9 Å². The Kier molecular flexibility index (Phi) is 3.67. The summed E-state index contributed by atoms with van der Waals surface area (Å²) in [6.45, 7) is 8.96. The van der Waals surface area contributed by atoms with Gasteiger partial charge in [0.2, 0.25) is 0 Å². The summed E-state index contributed by atoms with van der Waals surface area (Å²) >= 11 is 3.84. The van der Waals surface area contributed by atoms with Crippen molar-refractivity contribution < 1.29 is 10.2 Å². The van der Waals surface area contributed by atoms with Crippen molar-refractivity contribution in [3.8, 4) is 0 Å². The van der Waals surface area contributed by atoms with E-state index in [0.717, 1.165) is 25.7 Å². The van der Waals surface area contributed by atoms with E-state index in [-0.39, 0.29) is 23.4 Å². The van der Waals surface area contributed by atoms with Crippen molar-refractivity contribution in [1.29, 1.82) is 0 Å². The van der Waals surface area contributed by atoms with E-state index in [2.05, 4.69) is 36.7 Å². The van der Waals surface area contributed by atoms with Gasteiger partial charge in [-0.25, -0.2) is 0 Å². The zero-order valence-electron chi connectivity index (χ0n) is 12.0. The molecule has 5 atom stereocenters. The van der Waals surface area contributed by atoms with Gasteiger partial charge in [-0.1, -0.05) is 36.7 Å². The van der Waals surface area contributed by atoms with Gasteiger partial charge in [0.15, 0.2) is 0 Å². The fraction of sp³-hybridized carbons (Fsp3) is 1.00. The van der Waals surface area contributed by atoms with Gasteiger partial charge in [0, 0.05) is 17.4 Å². The first-order valence-electron chi connectivity index (χ1n) is 7.13. The number of hydrogen-bond donors (Lipinski definition) is 2. The van der Waals surface area contributed by atoms with Gasteiger partial charge in [0.25, 0.3) is 0 Å². The SMILES string of the molecule is CC1(C)[C@@H](Br)CC[C@@]2(C)[C@H]1CC[C@@](C)(O)[C@H]2CO. The number of alkyl halides is 1. The van der Waals surface area contributed by atoms with Crippen molar-refractivity contribution in [2.75, 3.05) is 6.61 Å². The Labute approximate surface area is 119 Å². The molecule has 2 rings (SSSR count). The molecule has 0 aromatic carbocycles. The highest BCUT2D eigenvalue weighted by atomic mass is 79.9. The van der Waals surface area contributed by atoms with Gasteiger partial charge in [0.1, 0.15) is 0 Å². The smallest absolute Gasteiger partial charge is 0.0675 e. The van der Waals surface area contributed by atoms with Crippen LogP contribution in [0.1, 0.15) is 53.4 Å². The van der Waals surface area contributed by atoms with Crippen molar-refractivity contribution in [2.45, 2.75) is 63.8 Å². The molecule has 0 saturated heterocycles. The second-order valence-corrected chi connectivity index (χ2v) is 8.62. The monoisotopic (exact) mass is 318 g/mol. The van der Waals surface area contributed by atoms with Crippen LogP contribution in [0.4, 0.5) is 0 Å². The summed E-state index contributed by atoms with van der Waals surface area (Å²) in [4.78, 5) is 0.547. The van der Waals surface area contributed by atoms with Crippen molar-refractivity contribution in [1.82, 2.24) is 0 Å². The predicted molar refractivity (Wildman–Crippen MR) is 77.8 cm³/mol. The molecule has 2 N–H and O–H groups in total. The number of fused-ring (bicyclic) bond motifs is 1. The van der Waals surface area contributed by atoms with Crippen LogP contribution in [-0.2, 0) is 0 Å². The summed E-state index contributed by atoms with van der Waals surface area (Å²) in [7, 11) is 0. The lowest BCUT2D eigenvalue weighted by Crippen LogP contribution is -2.60. The van der Waals surface area contributed by atoms with E-state index in [9.17, 15) is 10.2 Å². The van der Waals surface area contributed by atoms with Crippen LogP contribution in [-0.4, -0.2) is 27.2 Å². The minimum Gasteiger partial charge on any atom is -0.396 e. The van der Waals surface area contributed by atoms with Crippen LogP contribution < -0.4 is 0 Å². The molecule has 0 radical (unpaired) electrons. The lowest BCUT2D eigenvalue weighted by atomic mass is 9.46. The highest BCUT2D eigenvalue weighted by molar-refractivity contribution is 9.09. The van der Waals surface area contributed by atoms with Crippen LogP contribution in [0.3, 0.4) is 0 Å². The zero-order valence-corrected chi connectivity index (χ0v) is 13.6. The van der Waals surface area contributed by atoms with Crippen LogP contribution in [0.25, 0.3) is 0 Å². The molecule has 0 heterocycles. The van der Waals surface area contributed by atoms with E-state index < -0.39 is 5.60 Å². The molecular weight excluding hydrogens is 292 g/mol. The van der Waals surface area contributed by atoms with Gasteiger partial charge >= 0.3 is 0 Å². The van der Waals surface area contributed by atoms with Gasteiger partial charge < -0.3 is 10.2 Å². The molecule has 0 aromatic heterocycles. The Bertz CT molecular complexity index is 326. The predicted octanol–water partition coefficient (Wildman–Crippen LogP) is 3.35. The lowest BCUT2D eigenvalue weighted by molar-refractivity contribution is -0.176. The van der Waals surface area contributed by atoms with Crippen molar-refractivity contribution in [2.24, 2.45) is 22.7 Å². The molecule has 0 aromatic rings. The third kappa shape index (κ3) is 1.97. The highest BCUT2D eigenvalue weighted by Crippen LogP contribution is 2.62. The quantitative estimate of drug-likeness (QED) is 0.728. The van der Waals surface area contributed by atoms with E-state index in [1.165, 1.54) is 0 Å². The molecule has 0 aliphatic heterocycles. The maximum Gasteiger partial charge on any atom is 0.0675 e. The summed E-state index contributed by atoms with van der Waals surface area (Å²) < 4.78 is 0. The van der Waals surface area contributed by atoms with Crippen molar-refractivity contribution in [3.63, 3.8) is 0 Å². The van der Waals surface area contributed by atoms with E-state index in [4.69, 9.17) is 0 Å². The van der Waals surface area contributed by atoms with E-state index in [0.29, 0.717) is 10.7 Å². The van der Waals surface area contributed by atoms with E-state index in [1.807, 2.05) is 6.92 Å². The minimum absolute atomic E-state index is 0.00280. The van der Waals surface area contributed by atoms with Crippen LogP contribution in [0.2, 0.25) is 0 Å². The first kappa shape index (κ1) is 14.8. The normalized spacial score (nSPS) is 51.8. The molecule has 0 bridgehead atoms. The van der Waals surface area contributed by atoms with Gasteiger partial charge in [-0.2, -0.15) is 0 Å². The van der Waals surface area contributed by atoms with Gasteiger partial charge in [-0.05, 0) is 49.4 Å². The highest BCUT2D eigenvalue weighted by Gasteiger charge is 2.59. The molecule has 2 saturated carbocycles. The first-order valence-corrected chi connectivity index (χ1v) is 8.05. The van der Waals surface area contributed by atoms with E-state index in [1.54, 1.807) is 0 Å². The molecule has 0 amide bonds. The van der Waals surface area contributed by atoms with Crippen LogP contribution in [0.5, 0.6) is 0 Å². The number of halogens is 1. The fourth-order valence-corrected chi connectivity index (χ4v) is 5.45. The Morgan fingerprint density at radius 2 is 1.72 bits per heavy atom. The van der Waals surface area contributed by atoms with E-state index >= 15 is 0 Å². The Morgan fingerprint density at radius 3 is 2.28 bits per heavy atom. The topological polar surface area (TPSA) is 40.5 Å². The third-order valence-corrected chi connectivity index (χ3v) is 7.74. The summed E-state index contributed by atoms with van der Waals surface area (Å²) in [5.41, 5.74) is -0.420. The van der Waals surface area contributed by atoms with Crippen LogP contribution in [0, 0.1) is 22.7 Å². The Balaban J connectivity index is 2.39. The molecule has 18 heavy (non-hydrogen) atoms. The van der Waals surface area contributed by atoms with Crippen LogP contribution >= 0.6 is 15.9 Å². The molecule has 3 heteroatoms. The summed E-state index contributed by atoms with van der Waals surface area (Å²) in [5, 5.41) is 20.4. The molecule has 0 spiro atoms. The maximum absolute atomic E-state index is 10.6. The number of hydrogen-bond acceptors (Lipinski definition) is 2. The third-order valence-electron chi connectivity index (χ3n) is 6.11. The van der Waals surface area contributed by atoms with Crippen LogP contribution in [0.15, 0.2) is 0 Å². The number of rotatable bonds is 1. The average Bonchev–Trinajstić information content (AvgIpc) is 2.23. The van der Waals surface area contributed by atoms with Gasteiger partial charge in [-0.3, -0.25) is 0 Å². The number of aliphatic hydroxyl groups is 2.